The summed E-state index contributed by atoms with van der Waals surface area (Å²) in [6.45, 7) is 14.8. The second kappa shape index (κ2) is 20.1. The molecule has 4 aliphatic carbocycles. The number of rotatable bonds is 19. The van der Waals surface area contributed by atoms with Crippen molar-refractivity contribution in [1.29, 1.82) is 0 Å². The summed E-state index contributed by atoms with van der Waals surface area (Å²) in [5.41, 5.74) is 2.48. The molecular weight excluding hydrogens is 597 g/mol. The molecule has 274 valence electrons. The van der Waals surface area contributed by atoms with Crippen LogP contribution in [0.25, 0.3) is 0 Å². The average Bonchev–Trinajstić information content (AvgIpc) is 3.43. The third-order valence-electron chi connectivity index (χ3n) is 13.5. The maximum absolute atomic E-state index is 12.8. The van der Waals surface area contributed by atoms with E-state index in [1.54, 1.807) is 5.57 Å². The van der Waals surface area contributed by atoms with E-state index in [4.69, 9.17) is 4.74 Å². The van der Waals surface area contributed by atoms with Crippen LogP contribution < -0.4 is 0 Å². The summed E-state index contributed by atoms with van der Waals surface area (Å²) in [4.78, 5) is 12.8. The van der Waals surface area contributed by atoms with Crippen LogP contribution in [0.3, 0.4) is 0 Å². The van der Waals surface area contributed by atoms with Crippen molar-refractivity contribution < 1.29 is 9.53 Å². The van der Waals surface area contributed by atoms with Crippen LogP contribution in [0.4, 0.5) is 0 Å². The lowest BCUT2D eigenvalue weighted by molar-refractivity contribution is -0.151. The third-order valence-corrected chi connectivity index (χ3v) is 13.5. The Labute approximate surface area is 303 Å². The molecule has 4 rings (SSSR count). The van der Waals surface area contributed by atoms with Crippen molar-refractivity contribution >= 4 is 5.97 Å². The number of carbonyl (C=O) groups is 1. The topological polar surface area (TPSA) is 26.3 Å². The molecular formula is C47H74O2. The molecule has 0 N–H and O–H groups in total. The molecule has 3 fully saturated rings. The smallest absolute Gasteiger partial charge is 0.306 e. The van der Waals surface area contributed by atoms with Crippen molar-refractivity contribution in [3.05, 3.63) is 72.4 Å². The average molecular weight is 671 g/mol. The van der Waals surface area contributed by atoms with Gasteiger partial charge in [-0.05, 0) is 136 Å². The van der Waals surface area contributed by atoms with E-state index < -0.39 is 0 Å². The van der Waals surface area contributed by atoms with Crippen molar-refractivity contribution in [1.82, 2.24) is 0 Å². The highest BCUT2D eigenvalue weighted by Crippen LogP contribution is 2.67. The lowest BCUT2D eigenvalue weighted by Crippen LogP contribution is -2.51. The van der Waals surface area contributed by atoms with E-state index in [-0.39, 0.29) is 12.1 Å². The fourth-order valence-electron chi connectivity index (χ4n) is 10.7. The zero-order chi connectivity index (χ0) is 35.1. The van der Waals surface area contributed by atoms with Crippen LogP contribution in [0.2, 0.25) is 0 Å². The first-order valence-electron chi connectivity index (χ1n) is 20.8. The van der Waals surface area contributed by atoms with Crippen LogP contribution in [0.5, 0.6) is 0 Å². The van der Waals surface area contributed by atoms with Gasteiger partial charge in [-0.25, -0.2) is 0 Å². The monoisotopic (exact) mass is 671 g/mol. The van der Waals surface area contributed by atoms with Crippen LogP contribution in [0.15, 0.2) is 72.4 Å². The highest BCUT2D eigenvalue weighted by atomic mass is 16.5. The zero-order valence-electron chi connectivity index (χ0n) is 32.6. The van der Waals surface area contributed by atoms with Crippen molar-refractivity contribution in [2.75, 3.05) is 0 Å². The number of hydrogen-bond acceptors (Lipinski definition) is 2. The number of fused-ring (bicyclic) bond motifs is 5. The molecule has 4 aliphatic rings. The number of esters is 1. The van der Waals surface area contributed by atoms with E-state index in [1.807, 2.05) is 0 Å². The van der Waals surface area contributed by atoms with Gasteiger partial charge in [-0.15, -0.1) is 0 Å². The predicted octanol–water partition coefficient (Wildman–Crippen LogP) is 13.9. The summed E-state index contributed by atoms with van der Waals surface area (Å²) >= 11 is 0. The fraction of sp³-hybridized carbons (Fsp3) is 0.723. The molecule has 2 nitrogen and oxygen atoms in total. The van der Waals surface area contributed by atoms with Gasteiger partial charge in [-0.1, -0.05) is 133 Å². The Morgan fingerprint density at radius 3 is 2.10 bits per heavy atom. The van der Waals surface area contributed by atoms with Gasteiger partial charge in [0.05, 0.1) is 0 Å². The molecule has 0 radical (unpaired) electrons. The van der Waals surface area contributed by atoms with Crippen LogP contribution in [-0.4, -0.2) is 12.1 Å². The molecule has 8 atom stereocenters. The van der Waals surface area contributed by atoms with Gasteiger partial charge in [0.15, 0.2) is 0 Å². The molecule has 0 aromatic rings. The number of allylic oxidation sites excluding steroid dienone is 11. The quantitative estimate of drug-likeness (QED) is 0.0776. The molecule has 3 saturated carbocycles. The Balaban J connectivity index is 1.13. The van der Waals surface area contributed by atoms with Gasteiger partial charge < -0.3 is 4.74 Å². The molecule has 0 saturated heterocycles. The van der Waals surface area contributed by atoms with Crippen LogP contribution in [0, 0.1) is 46.3 Å². The van der Waals surface area contributed by atoms with Gasteiger partial charge in [0.1, 0.15) is 6.10 Å². The third kappa shape index (κ3) is 11.2. The second-order valence-electron chi connectivity index (χ2n) is 17.2. The lowest BCUT2D eigenvalue weighted by atomic mass is 9.47. The van der Waals surface area contributed by atoms with Gasteiger partial charge in [0, 0.05) is 12.8 Å². The molecule has 0 amide bonds. The zero-order valence-corrected chi connectivity index (χ0v) is 32.6. The fourth-order valence-corrected chi connectivity index (χ4v) is 10.7. The maximum Gasteiger partial charge on any atom is 0.306 e. The summed E-state index contributed by atoms with van der Waals surface area (Å²) in [6, 6.07) is 0. The number of unbranched alkanes of at least 4 members (excludes halogenated alkanes) is 1. The van der Waals surface area contributed by atoms with E-state index in [1.165, 1.54) is 57.8 Å². The Hall–Kier alpha value is -2.09. The highest BCUT2D eigenvalue weighted by Gasteiger charge is 2.59. The molecule has 0 bridgehead atoms. The standard InChI is InChI=1S/C47H74O2/c1-7-8-9-10-11-12-13-14-15-16-17-18-19-20-21-22-23-27-45(48)49-40-32-34-46(5)39(36-40)28-29-41-43-31-30-42(38(4)26-24-25-37(2)3)47(43,6)35-33-44(41)46/h8-9,11-12,14-15,17-18,20-21,28,37-38,40-44H,7,10,13,16,19,22-27,29-36H2,1-6H3/t38-,40?,41?,42-,43?,44?,46+,47-/m1/s1. The minimum absolute atomic E-state index is 0.00295. The van der Waals surface area contributed by atoms with Gasteiger partial charge in [-0.2, -0.15) is 0 Å². The van der Waals surface area contributed by atoms with Crippen molar-refractivity contribution in [3.8, 4) is 0 Å². The van der Waals surface area contributed by atoms with Gasteiger partial charge >= 0.3 is 5.97 Å². The van der Waals surface area contributed by atoms with Gasteiger partial charge in [0.25, 0.3) is 0 Å². The van der Waals surface area contributed by atoms with Crippen LogP contribution in [0.1, 0.15) is 164 Å². The van der Waals surface area contributed by atoms with E-state index in [2.05, 4.69) is 108 Å². The Morgan fingerprint density at radius 1 is 0.796 bits per heavy atom. The number of carbonyl (C=O) groups excluding carboxylic acids is 1. The normalized spacial score (nSPS) is 32.4. The summed E-state index contributed by atoms with van der Waals surface area (Å²) in [7, 11) is 0. The van der Waals surface area contributed by atoms with Crippen molar-refractivity contribution in [2.24, 2.45) is 46.3 Å². The molecule has 49 heavy (non-hydrogen) atoms. The highest BCUT2D eigenvalue weighted by molar-refractivity contribution is 5.69. The molecule has 0 spiro atoms. The largest absolute Gasteiger partial charge is 0.462 e. The SMILES string of the molecule is CCC=CCC=CCC=CCC=CCC=CCCCC(=O)OC1CC[C@@]2(C)C(=CCC3C2CC[C@@]2(C)C3CC[C@@H]2[C@H](C)CCCC(C)C)C1. The van der Waals surface area contributed by atoms with Gasteiger partial charge in [-0.3, -0.25) is 4.79 Å². The summed E-state index contributed by atoms with van der Waals surface area (Å²) in [6.07, 6.45) is 46.8. The molecule has 4 unspecified atom stereocenters. The predicted molar refractivity (Wildman–Crippen MR) is 211 cm³/mol. The van der Waals surface area contributed by atoms with Crippen LogP contribution in [-0.2, 0) is 9.53 Å². The second-order valence-corrected chi connectivity index (χ2v) is 17.2. The summed E-state index contributed by atoms with van der Waals surface area (Å²) in [5, 5.41) is 0. The molecule has 0 aliphatic heterocycles. The molecule has 0 aromatic carbocycles. The van der Waals surface area contributed by atoms with E-state index in [9.17, 15) is 4.79 Å². The van der Waals surface area contributed by atoms with Crippen molar-refractivity contribution in [2.45, 2.75) is 170 Å². The Bertz CT molecular complexity index is 1180. The van der Waals surface area contributed by atoms with Crippen LogP contribution >= 0.6 is 0 Å². The summed E-state index contributed by atoms with van der Waals surface area (Å²) in [5.74, 6) is 5.20. The first kappa shape index (κ1) is 39.7. The van der Waals surface area contributed by atoms with Crippen molar-refractivity contribution in [3.63, 3.8) is 0 Å². The maximum atomic E-state index is 12.8. The minimum Gasteiger partial charge on any atom is -0.462 e. The van der Waals surface area contributed by atoms with E-state index in [0.29, 0.717) is 17.3 Å². The summed E-state index contributed by atoms with van der Waals surface area (Å²) < 4.78 is 6.09. The van der Waals surface area contributed by atoms with E-state index in [0.717, 1.165) is 93.3 Å². The van der Waals surface area contributed by atoms with E-state index >= 15 is 0 Å². The first-order valence-corrected chi connectivity index (χ1v) is 20.8. The first-order chi connectivity index (χ1) is 23.7. The Kier molecular flexibility index (Phi) is 16.3. The number of hydrogen-bond donors (Lipinski definition) is 0. The minimum atomic E-state index is 0.00295. The lowest BCUT2D eigenvalue weighted by Gasteiger charge is -2.58. The molecule has 2 heteroatoms. The Morgan fingerprint density at radius 2 is 1.45 bits per heavy atom. The van der Waals surface area contributed by atoms with Gasteiger partial charge in [0.2, 0.25) is 0 Å². The number of ether oxygens (including phenoxy) is 1. The molecule has 0 aromatic heterocycles. The molecule has 0 heterocycles.